The Labute approximate surface area is 142 Å². The summed E-state index contributed by atoms with van der Waals surface area (Å²) in [5.74, 6) is 1.20. The first-order valence-corrected chi connectivity index (χ1v) is 9.62. The molecule has 1 aliphatic heterocycles. The molecule has 1 unspecified atom stereocenters. The minimum Gasteiger partial charge on any atom is -0.370 e. The molecule has 1 N–H and O–H groups in total. The summed E-state index contributed by atoms with van der Waals surface area (Å²) in [6, 6.07) is 7.21. The van der Waals surface area contributed by atoms with Gasteiger partial charge in [0.2, 0.25) is 0 Å². The Bertz CT molecular complexity index is 476. The summed E-state index contributed by atoms with van der Waals surface area (Å²) in [5, 5.41) is 3.47. The smallest absolute Gasteiger partial charge is 0.0511 e. The molecule has 0 saturated carbocycles. The standard InChI is InChI=1S/C17H27BrN2S/c1-5-19-13(2)14-6-7-16(15(18)12-14)20-9-8-17(3,4)21-11-10-20/h6-7,12-13,19H,5,8-11H2,1-4H3. The van der Waals surface area contributed by atoms with Gasteiger partial charge in [-0.25, -0.2) is 0 Å². The number of benzene rings is 1. The summed E-state index contributed by atoms with van der Waals surface area (Å²) in [7, 11) is 0. The minimum absolute atomic E-state index is 0.402. The van der Waals surface area contributed by atoms with E-state index in [2.05, 4.69) is 83.8 Å². The lowest BCUT2D eigenvalue weighted by Gasteiger charge is -2.26. The van der Waals surface area contributed by atoms with Crippen molar-refractivity contribution < 1.29 is 0 Å². The predicted octanol–water partition coefficient (Wildman–Crippen LogP) is 4.84. The lowest BCUT2D eigenvalue weighted by Crippen LogP contribution is -2.27. The summed E-state index contributed by atoms with van der Waals surface area (Å²) in [5.41, 5.74) is 2.68. The Balaban J connectivity index is 2.13. The van der Waals surface area contributed by atoms with Crippen molar-refractivity contribution in [2.24, 2.45) is 0 Å². The molecule has 1 heterocycles. The molecular weight excluding hydrogens is 344 g/mol. The molecule has 4 heteroatoms. The predicted molar refractivity (Wildman–Crippen MR) is 99.6 cm³/mol. The van der Waals surface area contributed by atoms with Crippen LogP contribution in [0.2, 0.25) is 0 Å². The average molecular weight is 371 g/mol. The second kappa shape index (κ2) is 7.38. The van der Waals surface area contributed by atoms with E-state index in [4.69, 9.17) is 0 Å². The van der Waals surface area contributed by atoms with Crippen LogP contribution in [0.4, 0.5) is 5.69 Å². The van der Waals surface area contributed by atoms with Crippen LogP contribution in [0.1, 0.15) is 45.7 Å². The van der Waals surface area contributed by atoms with Gasteiger partial charge in [-0.05, 0) is 53.5 Å². The van der Waals surface area contributed by atoms with Crippen molar-refractivity contribution >= 4 is 33.4 Å². The van der Waals surface area contributed by atoms with Gasteiger partial charge >= 0.3 is 0 Å². The normalized spacial score (nSPS) is 20.1. The summed E-state index contributed by atoms with van der Waals surface area (Å²) in [6.45, 7) is 12.4. The van der Waals surface area contributed by atoms with Crippen LogP contribution in [-0.2, 0) is 0 Å². The van der Waals surface area contributed by atoms with Crippen molar-refractivity contribution in [2.75, 3.05) is 30.3 Å². The van der Waals surface area contributed by atoms with E-state index in [1.54, 1.807) is 0 Å². The largest absolute Gasteiger partial charge is 0.370 e. The maximum Gasteiger partial charge on any atom is 0.0511 e. The van der Waals surface area contributed by atoms with E-state index in [-0.39, 0.29) is 0 Å². The van der Waals surface area contributed by atoms with E-state index in [9.17, 15) is 0 Å². The van der Waals surface area contributed by atoms with Gasteiger partial charge in [-0.2, -0.15) is 11.8 Å². The Hall–Kier alpha value is -0.190. The number of halogens is 1. The molecule has 0 spiro atoms. The fraction of sp³-hybridized carbons (Fsp3) is 0.647. The molecule has 1 saturated heterocycles. The summed E-state index contributed by atoms with van der Waals surface area (Å²) in [6.07, 6.45) is 1.24. The van der Waals surface area contributed by atoms with Gasteiger partial charge in [0.05, 0.1) is 5.69 Å². The Morgan fingerprint density at radius 2 is 2.14 bits per heavy atom. The van der Waals surface area contributed by atoms with Gasteiger partial charge < -0.3 is 10.2 Å². The second-order valence-corrected chi connectivity index (χ2v) is 8.99. The molecule has 2 rings (SSSR count). The highest BCUT2D eigenvalue weighted by Gasteiger charge is 2.24. The lowest BCUT2D eigenvalue weighted by molar-refractivity contribution is 0.597. The molecule has 1 aliphatic rings. The third-order valence-corrected chi connectivity index (χ3v) is 6.17. The zero-order valence-corrected chi connectivity index (χ0v) is 16.0. The Kier molecular flexibility index (Phi) is 6.04. The van der Waals surface area contributed by atoms with Crippen LogP contribution in [0, 0.1) is 0 Å². The maximum absolute atomic E-state index is 3.78. The van der Waals surface area contributed by atoms with Crippen molar-refractivity contribution in [3.8, 4) is 0 Å². The average Bonchev–Trinajstić information content (AvgIpc) is 2.60. The number of thioether (sulfide) groups is 1. The Morgan fingerprint density at radius 1 is 1.38 bits per heavy atom. The topological polar surface area (TPSA) is 15.3 Å². The monoisotopic (exact) mass is 370 g/mol. The third kappa shape index (κ3) is 4.64. The molecule has 1 fully saturated rings. The van der Waals surface area contributed by atoms with Gasteiger partial charge in [0.25, 0.3) is 0 Å². The SMILES string of the molecule is CCNC(C)c1ccc(N2CCSC(C)(C)CC2)c(Br)c1. The maximum atomic E-state index is 3.78. The van der Waals surface area contributed by atoms with Gasteiger partial charge in [-0.1, -0.05) is 26.8 Å². The molecule has 1 aromatic carbocycles. The number of hydrogen-bond acceptors (Lipinski definition) is 3. The van der Waals surface area contributed by atoms with E-state index in [0.717, 1.165) is 19.6 Å². The first-order valence-electron chi connectivity index (χ1n) is 7.84. The highest BCUT2D eigenvalue weighted by molar-refractivity contribution is 9.10. The third-order valence-electron chi connectivity index (χ3n) is 4.16. The van der Waals surface area contributed by atoms with Crippen molar-refractivity contribution in [1.29, 1.82) is 0 Å². The highest BCUT2D eigenvalue weighted by atomic mass is 79.9. The Morgan fingerprint density at radius 3 is 2.81 bits per heavy atom. The van der Waals surface area contributed by atoms with Gasteiger partial charge in [0.1, 0.15) is 0 Å². The van der Waals surface area contributed by atoms with E-state index in [0.29, 0.717) is 10.8 Å². The lowest BCUT2D eigenvalue weighted by atomic mass is 10.1. The molecule has 0 aromatic heterocycles. The summed E-state index contributed by atoms with van der Waals surface area (Å²) >= 11 is 5.87. The number of rotatable bonds is 4. The van der Waals surface area contributed by atoms with Crippen LogP contribution in [0.25, 0.3) is 0 Å². The van der Waals surface area contributed by atoms with Gasteiger partial charge in [0, 0.05) is 34.1 Å². The van der Waals surface area contributed by atoms with E-state index in [1.807, 2.05) is 0 Å². The van der Waals surface area contributed by atoms with E-state index in [1.165, 1.54) is 27.9 Å². The zero-order chi connectivity index (χ0) is 15.5. The number of nitrogens with one attached hydrogen (secondary N) is 1. The molecule has 1 atom stereocenters. The van der Waals surface area contributed by atoms with Crippen LogP contribution < -0.4 is 10.2 Å². The molecule has 0 aliphatic carbocycles. The molecule has 21 heavy (non-hydrogen) atoms. The fourth-order valence-electron chi connectivity index (χ4n) is 2.73. The highest BCUT2D eigenvalue weighted by Crippen LogP contribution is 2.35. The van der Waals surface area contributed by atoms with Gasteiger partial charge in [0.15, 0.2) is 0 Å². The van der Waals surface area contributed by atoms with Gasteiger partial charge in [-0.3, -0.25) is 0 Å². The molecule has 0 bridgehead atoms. The van der Waals surface area contributed by atoms with E-state index >= 15 is 0 Å². The molecule has 2 nitrogen and oxygen atoms in total. The number of anilines is 1. The first-order chi connectivity index (χ1) is 9.93. The number of nitrogens with zero attached hydrogens (tertiary/aromatic N) is 1. The quantitative estimate of drug-likeness (QED) is 0.815. The van der Waals surface area contributed by atoms with E-state index < -0.39 is 0 Å². The first kappa shape index (κ1) is 17.2. The van der Waals surface area contributed by atoms with Crippen molar-refractivity contribution in [2.45, 2.75) is 44.9 Å². The van der Waals surface area contributed by atoms with Crippen LogP contribution in [0.3, 0.4) is 0 Å². The molecule has 0 radical (unpaired) electrons. The number of hydrogen-bond donors (Lipinski definition) is 1. The second-order valence-electron chi connectivity index (χ2n) is 6.34. The summed E-state index contributed by atoms with van der Waals surface area (Å²) in [4.78, 5) is 2.52. The summed E-state index contributed by atoms with van der Waals surface area (Å²) < 4.78 is 1.62. The zero-order valence-electron chi connectivity index (χ0n) is 13.6. The van der Waals surface area contributed by atoms with Crippen LogP contribution >= 0.6 is 27.7 Å². The molecule has 118 valence electrons. The van der Waals surface area contributed by atoms with Crippen molar-refractivity contribution in [1.82, 2.24) is 5.32 Å². The van der Waals surface area contributed by atoms with Gasteiger partial charge in [-0.15, -0.1) is 0 Å². The van der Waals surface area contributed by atoms with Crippen LogP contribution in [-0.4, -0.2) is 30.1 Å². The molecular formula is C17H27BrN2S. The van der Waals surface area contributed by atoms with Crippen LogP contribution in [0.15, 0.2) is 22.7 Å². The van der Waals surface area contributed by atoms with Crippen molar-refractivity contribution in [3.63, 3.8) is 0 Å². The molecule has 0 amide bonds. The fourth-order valence-corrected chi connectivity index (χ4v) is 4.48. The van der Waals surface area contributed by atoms with Crippen LogP contribution in [0.5, 0.6) is 0 Å². The molecule has 1 aromatic rings. The minimum atomic E-state index is 0.402. The van der Waals surface area contributed by atoms with Crippen molar-refractivity contribution in [3.05, 3.63) is 28.2 Å².